The Hall–Kier alpha value is -2.55. The van der Waals surface area contributed by atoms with Crippen molar-refractivity contribution < 1.29 is 9.52 Å². The SMILES string of the molecule is O=c1oc2ccccc2c(C2CCCc3ccccc32)c1O. The van der Waals surface area contributed by atoms with Gasteiger partial charge in [-0.15, -0.1) is 0 Å². The molecule has 1 aromatic heterocycles. The molecule has 4 rings (SSSR count). The zero-order valence-electron chi connectivity index (χ0n) is 12.1. The fourth-order valence-corrected chi connectivity index (χ4v) is 3.57. The van der Waals surface area contributed by atoms with Crippen molar-refractivity contribution >= 4 is 11.0 Å². The first-order valence-corrected chi connectivity index (χ1v) is 7.58. The van der Waals surface area contributed by atoms with Crippen LogP contribution in [0.15, 0.2) is 57.7 Å². The van der Waals surface area contributed by atoms with Gasteiger partial charge in [-0.25, -0.2) is 4.79 Å². The summed E-state index contributed by atoms with van der Waals surface area (Å²) in [7, 11) is 0. The minimum absolute atomic E-state index is 0.0407. The van der Waals surface area contributed by atoms with E-state index in [-0.39, 0.29) is 11.7 Å². The Labute approximate surface area is 127 Å². The number of hydrogen-bond acceptors (Lipinski definition) is 3. The summed E-state index contributed by atoms with van der Waals surface area (Å²) in [5, 5.41) is 11.2. The molecule has 0 spiro atoms. The van der Waals surface area contributed by atoms with Gasteiger partial charge in [-0.1, -0.05) is 42.5 Å². The molecule has 1 aliphatic rings. The third-order valence-electron chi connectivity index (χ3n) is 4.55. The lowest BCUT2D eigenvalue weighted by Crippen LogP contribution is -2.14. The zero-order chi connectivity index (χ0) is 15.1. The quantitative estimate of drug-likeness (QED) is 0.690. The van der Waals surface area contributed by atoms with Crippen LogP contribution in [0.3, 0.4) is 0 Å². The van der Waals surface area contributed by atoms with E-state index in [0.717, 1.165) is 24.6 Å². The molecule has 0 fully saturated rings. The predicted octanol–water partition coefficient (Wildman–Crippen LogP) is 3.97. The Morgan fingerprint density at radius 2 is 1.82 bits per heavy atom. The van der Waals surface area contributed by atoms with E-state index >= 15 is 0 Å². The second-order valence-corrected chi connectivity index (χ2v) is 5.79. The Balaban J connectivity index is 2.03. The molecule has 0 aliphatic heterocycles. The van der Waals surface area contributed by atoms with Crippen molar-refractivity contribution in [2.45, 2.75) is 25.2 Å². The van der Waals surface area contributed by atoms with Crippen LogP contribution in [-0.2, 0) is 6.42 Å². The summed E-state index contributed by atoms with van der Waals surface area (Å²) in [6.45, 7) is 0. The van der Waals surface area contributed by atoms with Gasteiger partial charge in [-0.3, -0.25) is 0 Å². The number of para-hydroxylation sites is 1. The van der Waals surface area contributed by atoms with Crippen molar-refractivity contribution in [3.63, 3.8) is 0 Å². The van der Waals surface area contributed by atoms with Crippen LogP contribution in [0, 0.1) is 0 Å². The molecular formula is C19H16O3. The fraction of sp³-hybridized carbons (Fsp3) is 0.211. The number of benzene rings is 2. The maximum absolute atomic E-state index is 12.0. The Kier molecular flexibility index (Phi) is 3.00. The lowest BCUT2D eigenvalue weighted by atomic mass is 9.78. The summed E-state index contributed by atoms with van der Waals surface area (Å²) >= 11 is 0. The average molecular weight is 292 g/mol. The number of aromatic hydroxyl groups is 1. The minimum Gasteiger partial charge on any atom is -0.502 e. The molecule has 3 heteroatoms. The van der Waals surface area contributed by atoms with Gasteiger partial charge in [-0.05, 0) is 36.5 Å². The van der Waals surface area contributed by atoms with Gasteiger partial charge in [0.25, 0.3) is 0 Å². The van der Waals surface area contributed by atoms with E-state index in [1.165, 1.54) is 11.1 Å². The highest BCUT2D eigenvalue weighted by atomic mass is 16.4. The first kappa shape index (κ1) is 13.1. The van der Waals surface area contributed by atoms with Crippen molar-refractivity contribution in [1.82, 2.24) is 0 Å². The van der Waals surface area contributed by atoms with Crippen molar-refractivity contribution in [3.8, 4) is 5.75 Å². The van der Waals surface area contributed by atoms with Crippen LogP contribution in [0.4, 0.5) is 0 Å². The molecule has 110 valence electrons. The molecule has 0 amide bonds. The molecule has 3 nitrogen and oxygen atoms in total. The molecule has 0 bridgehead atoms. The maximum Gasteiger partial charge on any atom is 0.379 e. The van der Waals surface area contributed by atoms with E-state index in [1.54, 1.807) is 6.07 Å². The number of hydrogen-bond donors (Lipinski definition) is 1. The monoisotopic (exact) mass is 292 g/mol. The molecule has 2 aromatic carbocycles. The highest BCUT2D eigenvalue weighted by Crippen LogP contribution is 2.42. The van der Waals surface area contributed by atoms with Crippen LogP contribution in [0.1, 0.15) is 35.4 Å². The van der Waals surface area contributed by atoms with Crippen molar-refractivity contribution in [2.75, 3.05) is 0 Å². The Bertz CT molecular complexity index is 908. The molecule has 3 aromatic rings. The van der Waals surface area contributed by atoms with Gasteiger partial charge in [0, 0.05) is 16.9 Å². The molecule has 1 aliphatic carbocycles. The van der Waals surface area contributed by atoms with E-state index in [1.807, 2.05) is 30.3 Å². The van der Waals surface area contributed by atoms with Crippen molar-refractivity contribution in [3.05, 3.63) is 75.6 Å². The summed E-state index contributed by atoms with van der Waals surface area (Å²) in [5.41, 5.74) is 3.09. The second-order valence-electron chi connectivity index (χ2n) is 5.79. The summed E-state index contributed by atoms with van der Waals surface area (Å²) in [4.78, 5) is 12.0. The molecule has 0 saturated carbocycles. The van der Waals surface area contributed by atoms with Gasteiger partial charge in [-0.2, -0.15) is 0 Å². The smallest absolute Gasteiger partial charge is 0.379 e. The number of fused-ring (bicyclic) bond motifs is 2. The first-order valence-electron chi connectivity index (χ1n) is 7.58. The minimum atomic E-state index is -0.656. The first-order chi connectivity index (χ1) is 10.8. The second kappa shape index (κ2) is 5.02. The molecule has 1 N–H and O–H groups in total. The van der Waals surface area contributed by atoms with Gasteiger partial charge in [0.1, 0.15) is 5.58 Å². The number of rotatable bonds is 1. The standard InChI is InChI=1S/C19H16O3/c20-18-17(15-9-3-4-11-16(15)22-19(18)21)14-10-5-7-12-6-1-2-8-13(12)14/h1-4,6,8-9,11,14,20H,5,7,10H2. The molecule has 0 radical (unpaired) electrons. The van der Waals surface area contributed by atoms with Crippen LogP contribution in [0.2, 0.25) is 0 Å². The number of aryl methyl sites for hydroxylation is 1. The van der Waals surface area contributed by atoms with Gasteiger partial charge in [0.05, 0.1) is 0 Å². The predicted molar refractivity (Wildman–Crippen MR) is 85.4 cm³/mol. The van der Waals surface area contributed by atoms with Crippen LogP contribution in [0.5, 0.6) is 5.75 Å². The van der Waals surface area contributed by atoms with Crippen molar-refractivity contribution in [1.29, 1.82) is 0 Å². The van der Waals surface area contributed by atoms with Gasteiger partial charge >= 0.3 is 5.63 Å². The van der Waals surface area contributed by atoms with Crippen LogP contribution < -0.4 is 5.63 Å². The fourth-order valence-electron chi connectivity index (χ4n) is 3.57. The summed E-state index contributed by atoms with van der Waals surface area (Å²) < 4.78 is 5.21. The van der Waals surface area contributed by atoms with E-state index in [2.05, 4.69) is 12.1 Å². The Morgan fingerprint density at radius 3 is 2.73 bits per heavy atom. The summed E-state index contributed by atoms with van der Waals surface area (Å²) in [6, 6.07) is 15.7. The van der Waals surface area contributed by atoms with E-state index in [4.69, 9.17) is 4.42 Å². The summed E-state index contributed by atoms with van der Waals surface area (Å²) in [5.74, 6) is -0.209. The lowest BCUT2D eigenvalue weighted by Gasteiger charge is -2.26. The molecule has 1 atom stereocenters. The molecular weight excluding hydrogens is 276 g/mol. The lowest BCUT2D eigenvalue weighted by molar-refractivity contribution is 0.416. The van der Waals surface area contributed by atoms with E-state index in [0.29, 0.717) is 11.1 Å². The maximum atomic E-state index is 12.0. The Morgan fingerprint density at radius 1 is 1.05 bits per heavy atom. The third-order valence-corrected chi connectivity index (χ3v) is 4.55. The van der Waals surface area contributed by atoms with Gasteiger partial charge in [0.2, 0.25) is 5.75 Å². The molecule has 0 saturated heterocycles. The zero-order valence-corrected chi connectivity index (χ0v) is 12.1. The highest BCUT2D eigenvalue weighted by Gasteiger charge is 2.27. The topological polar surface area (TPSA) is 50.4 Å². The van der Waals surface area contributed by atoms with Crippen LogP contribution in [-0.4, -0.2) is 5.11 Å². The van der Waals surface area contributed by atoms with Crippen LogP contribution in [0.25, 0.3) is 11.0 Å². The molecule has 22 heavy (non-hydrogen) atoms. The van der Waals surface area contributed by atoms with E-state index < -0.39 is 5.63 Å². The van der Waals surface area contributed by atoms with Gasteiger partial charge < -0.3 is 9.52 Å². The third kappa shape index (κ3) is 1.93. The molecule has 1 unspecified atom stereocenters. The average Bonchev–Trinajstić information content (AvgIpc) is 2.56. The van der Waals surface area contributed by atoms with Crippen molar-refractivity contribution in [2.24, 2.45) is 0 Å². The van der Waals surface area contributed by atoms with Gasteiger partial charge in [0.15, 0.2) is 0 Å². The van der Waals surface area contributed by atoms with Crippen LogP contribution >= 0.6 is 0 Å². The molecule has 1 heterocycles. The summed E-state index contributed by atoms with van der Waals surface area (Å²) in [6.07, 6.45) is 3.03. The largest absolute Gasteiger partial charge is 0.502 e. The normalized spacial score (nSPS) is 17.4. The van der Waals surface area contributed by atoms with E-state index in [9.17, 15) is 9.90 Å². The highest BCUT2D eigenvalue weighted by molar-refractivity contribution is 5.83.